The van der Waals surface area contributed by atoms with Crippen LogP contribution in [0.4, 0.5) is 0 Å². The lowest BCUT2D eigenvalue weighted by molar-refractivity contribution is 0.705. The Morgan fingerprint density at radius 3 is 2.00 bits per heavy atom. The number of aromatic amines is 2. The fraction of sp³-hybridized carbons (Fsp3) is 0.250. The van der Waals surface area contributed by atoms with Crippen LogP contribution in [0.25, 0.3) is 18.2 Å². The molecule has 2 aromatic heterocycles. The predicted octanol–water partition coefficient (Wildman–Crippen LogP) is 6.62. The second kappa shape index (κ2) is 15.6. The number of allylic oxidation sites excluding steroid dienone is 3. The summed E-state index contributed by atoms with van der Waals surface area (Å²) in [5, 5.41) is 1.40. The van der Waals surface area contributed by atoms with Gasteiger partial charge >= 0.3 is 0 Å². The van der Waals surface area contributed by atoms with E-state index in [1.165, 1.54) is 25.5 Å². The molecule has 2 aromatic rings. The van der Waals surface area contributed by atoms with Crippen LogP contribution >= 0.6 is 69.6 Å². The van der Waals surface area contributed by atoms with E-state index in [1.807, 2.05) is 66.8 Å². The fourth-order valence-electron chi connectivity index (χ4n) is 3.21. The largest absolute Gasteiger partial charge is 0.357 e. The molecule has 8 bridgehead atoms. The Morgan fingerprint density at radius 2 is 1.35 bits per heavy atom. The van der Waals surface area contributed by atoms with Crippen LogP contribution in [-0.2, 0) is 0 Å². The maximum absolute atomic E-state index is 6.70. The zero-order chi connectivity index (χ0) is 25.7. The Bertz CT molecular complexity index is 1190. The molecule has 2 atom stereocenters. The van der Waals surface area contributed by atoms with Crippen LogP contribution in [0.5, 0.6) is 0 Å². The Labute approximate surface area is 230 Å². The summed E-state index contributed by atoms with van der Waals surface area (Å²) in [7, 11) is 0. The SMILES string of the molecule is CCl.CCl.CCl.CCl.ClC1c2ccc([nH]2)C=C2C=CC(=N2)C=c2ccc([nH]2)=CC2=NC1(Cl)C=C2. The summed E-state index contributed by atoms with van der Waals surface area (Å²) in [6.45, 7) is 0. The molecule has 5 rings (SSSR count). The van der Waals surface area contributed by atoms with Gasteiger partial charge in [0.1, 0.15) is 5.38 Å². The van der Waals surface area contributed by atoms with E-state index in [9.17, 15) is 0 Å². The molecule has 0 saturated carbocycles. The van der Waals surface area contributed by atoms with Crippen molar-refractivity contribution >= 4 is 99.3 Å². The predicted molar refractivity (Wildman–Crippen MR) is 155 cm³/mol. The highest BCUT2D eigenvalue weighted by Crippen LogP contribution is 2.42. The lowest BCUT2D eigenvalue weighted by Crippen LogP contribution is -2.21. The van der Waals surface area contributed by atoms with Crippen molar-refractivity contribution in [1.29, 1.82) is 0 Å². The smallest absolute Gasteiger partial charge is 0.174 e. The van der Waals surface area contributed by atoms with E-state index in [1.54, 1.807) is 0 Å². The second-order valence-corrected chi connectivity index (χ2v) is 7.47. The number of aromatic nitrogens is 2. The van der Waals surface area contributed by atoms with Crippen molar-refractivity contribution in [3.8, 4) is 0 Å². The summed E-state index contributed by atoms with van der Waals surface area (Å²) >= 11 is 31.9. The molecule has 2 N–H and O–H groups in total. The molecule has 0 saturated heterocycles. The van der Waals surface area contributed by atoms with Gasteiger partial charge in [-0.3, -0.25) is 4.99 Å². The minimum Gasteiger partial charge on any atom is -0.357 e. The number of rotatable bonds is 0. The van der Waals surface area contributed by atoms with E-state index < -0.39 is 10.4 Å². The first-order valence-electron chi connectivity index (χ1n) is 9.77. The van der Waals surface area contributed by atoms with Gasteiger partial charge in [0, 0.05) is 47.6 Å². The van der Waals surface area contributed by atoms with E-state index in [-0.39, 0.29) is 0 Å². The molecule has 0 radical (unpaired) electrons. The monoisotopic (exact) mass is 580 g/mol. The third-order valence-corrected chi connectivity index (χ3v) is 5.58. The summed E-state index contributed by atoms with van der Waals surface area (Å²) in [6, 6.07) is 7.91. The maximum atomic E-state index is 6.70. The normalized spacial score (nSPS) is 20.6. The molecular formula is C24H26Cl6N4. The summed E-state index contributed by atoms with van der Waals surface area (Å²) in [4.78, 5) is 14.9. The number of nitrogens with zero attached hydrogens (tertiary/aromatic N) is 2. The van der Waals surface area contributed by atoms with Crippen LogP contribution in [0.3, 0.4) is 0 Å². The number of H-pyrrole nitrogens is 2. The van der Waals surface area contributed by atoms with E-state index in [0.29, 0.717) is 0 Å². The summed E-state index contributed by atoms with van der Waals surface area (Å²) in [5.41, 5.74) is 4.29. The molecule has 3 aliphatic rings. The van der Waals surface area contributed by atoms with E-state index in [2.05, 4.69) is 66.4 Å². The molecule has 34 heavy (non-hydrogen) atoms. The zero-order valence-corrected chi connectivity index (χ0v) is 23.6. The molecule has 184 valence electrons. The average Bonchev–Trinajstić information content (AvgIpc) is 3.69. The van der Waals surface area contributed by atoms with E-state index in [4.69, 9.17) is 23.2 Å². The van der Waals surface area contributed by atoms with Crippen molar-refractivity contribution in [2.45, 2.75) is 10.4 Å². The summed E-state index contributed by atoms with van der Waals surface area (Å²) < 4.78 is 0. The molecule has 0 spiro atoms. The number of halogens is 6. The van der Waals surface area contributed by atoms with Gasteiger partial charge in [-0.1, -0.05) is 11.6 Å². The average molecular weight is 583 g/mol. The van der Waals surface area contributed by atoms with E-state index in [0.717, 1.165) is 39.2 Å². The number of aliphatic imine (C=N–C) groups is 2. The summed E-state index contributed by atoms with van der Waals surface area (Å²) in [6.07, 6.45) is 19.5. The third-order valence-electron chi connectivity index (χ3n) is 4.47. The van der Waals surface area contributed by atoms with Gasteiger partial charge < -0.3 is 9.97 Å². The van der Waals surface area contributed by atoms with Crippen molar-refractivity contribution in [3.05, 3.63) is 76.4 Å². The first kappa shape index (κ1) is 30.6. The molecule has 0 aliphatic carbocycles. The van der Waals surface area contributed by atoms with Gasteiger partial charge in [-0.25, -0.2) is 4.99 Å². The molecular weight excluding hydrogens is 557 g/mol. The zero-order valence-electron chi connectivity index (χ0n) is 19.1. The second-order valence-electron chi connectivity index (χ2n) is 6.43. The lowest BCUT2D eigenvalue weighted by Gasteiger charge is -2.21. The van der Waals surface area contributed by atoms with Crippen LogP contribution in [0, 0.1) is 0 Å². The van der Waals surface area contributed by atoms with Crippen molar-refractivity contribution in [2.75, 3.05) is 25.5 Å². The minimum absolute atomic E-state index is 0.517. The van der Waals surface area contributed by atoms with Crippen LogP contribution < -0.4 is 10.7 Å². The minimum atomic E-state index is -1.01. The maximum Gasteiger partial charge on any atom is 0.174 e. The van der Waals surface area contributed by atoms with Crippen LogP contribution in [-0.4, -0.2) is 51.9 Å². The number of nitrogens with one attached hydrogen (secondary N) is 2. The van der Waals surface area contributed by atoms with Crippen LogP contribution in [0.2, 0.25) is 0 Å². The molecule has 4 nitrogen and oxygen atoms in total. The van der Waals surface area contributed by atoms with Crippen molar-refractivity contribution in [1.82, 2.24) is 9.97 Å². The number of hydrogen-bond donors (Lipinski definition) is 2. The molecule has 0 fully saturated rings. The Kier molecular flexibility index (Phi) is 14.0. The molecule has 0 aromatic carbocycles. The van der Waals surface area contributed by atoms with Gasteiger partial charge in [0.05, 0.1) is 17.1 Å². The fourth-order valence-corrected chi connectivity index (χ4v) is 3.73. The Balaban J connectivity index is 0.000000659. The van der Waals surface area contributed by atoms with Gasteiger partial charge in [0.25, 0.3) is 0 Å². The first-order valence-corrected chi connectivity index (χ1v) is 13.6. The summed E-state index contributed by atoms with van der Waals surface area (Å²) in [5.74, 6) is 0. The lowest BCUT2D eigenvalue weighted by atomic mass is 10.1. The highest BCUT2D eigenvalue weighted by Gasteiger charge is 2.37. The van der Waals surface area contributed by atoms with Crippen LogP contribution in [0.15, 0.2) is 64.3 Å². The van der Waals surface area contributed by atoms with Gasteiger partial charge in [-0.15, -0.1) is 58.0 Å². The van der Waals surface area contributed by atoms with Gasteiger partial charge in [0.15, 0.2) is 5.00 Å². The van der Waals surface area contributed by atoms with Gasteiger partial charge in [-0.05, 0) is 66.8 Å². The van der Waals surface area contributed by atoms with E-state index >= 15 is 0 Å². The quantitative estimate of drug-likeness (QED) is 0.259. The van der Waals surface area contributed by atoms with Gasteiger partial charge in [-0.2, -0.15) is 0 Å². The highest BCUT2D eigenvalue weighted by atomic mass is 35.5. The van der Waals surface area contributed by atoms with Crippen molar-refractivity contribution in [3.63, 3.8) is 0 Å². The molecule has 10 heteroatoms. The standard InChI is InChI=1S/C20H14Cl2N4.4CH3Cl/c21-19-18-6-5-16(25-18)10-14-2-1-12(23-14)9-13-3-4-15(24-13)11-17-7-8-20(19,22)26-17;4*1-2/h1-11,19,24-25H;4*1H3. The highest BCUT2D eigenvalue weighted by molar-refractivity contribution is 6.36. The number of alkyl halides is 6. The topological polar surface area (TPSA) is 56.3 Å². The molecule has 3 aliphatic heterocycles. The third kappa shape index (κ3) is 7.81. The number of hydrogen-bond acceptors (Lipinski definition) is 2. The van der Waals surface area contributed by atoms with Crippen LogP contribution in [0.1, 0.15) is 16.8 Å². The van der Waals surface area contributed by atoms with Gasteiger partial charge in [0.2, 0.25) is 0 Å². The number of fused-ring (bicyclic) bond motifs is 6. The Hall–Kier alpha value is -1.40. The van der Waals surface area contributed by atoms with Crippen molar-refractivity contribution < 1.29 is 0 Å². The molecule has 2 unspecified atom stereocenters. The molecule has 5 heterocycles. The van der Waals surface area contributed by atoms with Crippen molar-refractivity contribution in [2.24, 2.45) is 9.98 Å². The first-order chi connectivity index (χ1) is 16.6. The molecule has 0 amide bonds. The Morgan fingerprint density at radius 1 is 0.735 bits per heavy atom.